The lowest BCUT2D eigenvalue weighted by Crippen LogP contribution is -2.39. The molecule has 1 saturated heterocycles. The Labute approximate surface area is 162 Å². The number of nitrogens with zero attached hydrogens (tertiary/aromatic N) is 1. The Bertz CT molecular complexity index is 1080. The second-order valence-electron chi connectivity index (χ2n) is 6.99. The average Bonchev–Trinajstić information content (AvgIpc) is 2.70. The predicted molar refractivity (Wildman–Crippen MR) is 107 cm³/mol. The summed E-state index contributed by atoms with van der Waals surface area (Å²) in [5, 5.41) is 2.42. The molecule has 1 unspecified atom stereocenters. The van der Waals surface area contributed by atoms with Gasteiger partial charge in [0.25, 0.3) is 5.56 Å². The molecule has 0 bridgehead atoms. The van der Waals surface area contributed by atoms with Gasteiger partial charge in [0.1, 0.15) is 0 Å². The number of benzene rings is 2. The number of piperidine rings is 1. The summed E-state index contributed by atoms with van der Waals surface area (Å²) < 4.78 is 1.67. The summed E-state index contributed by atoms with van der Waals surface area (Å²) in [7, 11) is 0. The number of hydrogen-bond acceptors (Lipinski definition) is 3. The molecule has 5 heteroatoms. The van der Waals surface area contributed by atoms with Crippen LogP contribution < -0.4 is 10.9 Å². The van der Waals surface area contributed by atoms with Gasteiger partial charge in [0.2, 0.25) is 11.8 Å². The van der Waals surface area contributed by atoms with Crippen molar-refractivity contribution in [3.05, 3.63) is 94.4 Å². The van der Waals surface area contributed by atoms with Crippen LogP contribution in [0.1, 0.15) is 29.9 Å². The number of carbonyl (C=O) groups is 2. The Balaban J connectivity index is 1.55. The number of nitrogens with one attached hydrogen (secondary N) is 1. The first-order chi connectivity index (χ1) is 13.6. The number of amides is 2. The highest BCUT2D eigenvalue weighted by atomic mass is 16.2. The summed E-state index contributed by atoms with van der Waals surface area (Å²) in [5.41, 5.74) is 3.99. The minimum absolute atomic E-state index is 0.0245. The predicted octanol–water partition coefficient (Wildman–Crippen LogP) is 3.08. The van der Waals surface area contributed by atoms with E-state index in [1.807, 2.05) is 54.6 Å². The number of carbonyl (C=O) groups excluding carboxylic acids is 2. The van der Waals surface area contributed by atoms with E-state index in [9.17, 15) is 14.4 Å². The largest absolute Gasteiger partial charge is 0.311 e. The molecule has 0 radical (unpaired) electrons. The monoisotopic (exact) mass is 372 g/mol. The molecular formula is C23H20N2O3. The molecule has 28 heavy (non-hydrogen) atoms. The minimum Gasteiger partial charge on any atom is -0.311 e. The maximum absolute atomic E-state index is 12.1. The molecular weight excluding hydrogens is 352 g/mol. The zero-order chi connectivity index (χ0) is 19.5. The third-order valence-electron chi connectivity index (χ3n) is 5.07. The molecule has 140 valence electrons. The quantitative estimate of drug-likeness (QED) is 0.716. The summed E-state index contributed by atoms with van der Waals surface area (Å²) in [6.45, 7) is 0.524. The molecule has 2 aromatic carbocycles. The fourth-order valence-corrected chi connectivity index (χ4v) is 3.54. The fourth-order valence-electron chi connectivity index (χ4n) is 3.54. The van der Waals surface area contributed by atoms with Gasteiger partial charge in [-0.3, -0.25) is 19.7 Å². The van der Waals surface area contributed by atoms with Crippen LogP contribution in [0.15, 0.2) is 77.7 Å². The van der Waals surface area contributed by atoms with Gasteiger partial charge in [-0.1, -0.05) is 54.6 Å². The van der Waals surface area contributed by atoms with Gasteiger partial charge in [0.05, 0.1) is 12.5 Å². The first kappa shape index (κ1) is 17.9. The Morgan fingerprint density at radius 2 is 1.71 bits per heavy atom. The highest BCUT2D eigenvalue weighted by Gasteiger charge is 2.27. The molecule has 2 heterocycles. The van der Waals surface area contributed by atoms with E-state index in [2.05, 4.69) is 5.32 Å². The highest BCUT2D eigenvalue weighted by molar-refractivity contribution is 6.01. The lowest BCUT2D eigenvalue weighted by Gasteiger charge is -2.21. The molecule has 3 aromatic rings. The third kappa shape index (κ3) is 3.78. The summed E-state index contributed by atoms with van der Waals surface area (Å²) in [4.78, 5) is 35.4. The first-order valence-corrected chi connectivity index (χ1v) is 9.28. The van der Waals surface area contributed by atoms with E-state index in [1.165, 1.54) is 0 Å². The van der Waals surface area contributed by atoms with Crippen molar-refractivity contribution < 1.29 is 9.59 Å². The fraction of sp³-hybridized carbons (Fsp3) is 0.174. The van der Waals surface area contributed by atoms with Crippen LogP contribution in [0.25, 0.3) is 11.1 Å². The molecule has 2 amide bonds. The van der Waals surface area contributed by atoms with E-state index in [4.69, 9.17) is 0 Å². The van der Waals surface area contributed by atoms with Crippen LogP contribution in [-0.2, 0) is 16.1 Å². The maximum Gasteiger partial charge on any atom is 0.250 e. The van der Waals surface area contributed by atoms with Crippen molar-refractivity contribution in [1.29, 1.82) is 0 Å². The van der Waals surface area contributed by atoms with Gasteiger partial charge in [0.15, 0.2) is 0 Å². The van der Waals surface area contributed by atoms with Crippen molar-refractivity contribution >= 4 is 11.8 Å². The normalized spacial score (nSPS) is 16.6. The number of imide groups is 1. The van der Waals surface area contributed by atoms with Gasteiger partial charge in [-0.15, -0.1) is 0 Å². The lowest BCUT2D eigenvalue weighted by molar-refractivity contribution is -0.134. The molecule has 4 rings (SSSR count). The van der Waals surface area contributed by atoms with Crippen molar-refractivity contribution in [3.8, 4) is 11.1 Å². The molecule has 1 aromatic heterocycles. The maximum atomic E-state index is 12.1. The van der Waals surface area contributed by atoms with Crippen molar-refractivity contribution in [3.63, 3.8) is 0 Å². The van der Waals surface area contributed by atoms with Gasteiger partial charge >= 0.3 is 0 Å². The first-order valence-electron chi connectivity index (χ1n) is 9.28. The molecule has 1 aliphatic rings. The Kier molecular flexibility index (Phi) is 4.89. The van der Waals surface area contributed by atoms with Crippen molar-refractivity contribution in [1.82, 2.24) is 9.88 Å². The molecule has 0 aliphatic carbocycles. The summed E-state index contributed by atoms with van der Waals surface area (Å²) >= 11 is 0. The Morgan fingerprint density at radius 1 is 0.893 bits per heavy atom. The number of pyridine rings is 1. The molecule has 1 atom stereocenters. The smallest absolute Gasteiger partial charge is 0.250 e. The summed E-state index contributed by atoms with van der Waals surface area (Å²) in [6, 6.07) is 21.1. The molecule has 1 N–H and O–H groups in total. The third-order valence-corrected chi connectivity index (χ3v) is 5.07. The van der Waals surface area contributed by atoms with Crippen LogP contribution in [0.4, 0.5) is 0 Å². The van der Waals surface area contributed by atoms with Crippen molar-refractivity contribution in [2.24, 2.45) is 0 Å². The zero-order valence-corrected chi connectivity index (χ0v) is 15.3. The van der Waals surface area contributed by atoms with E-state index in [1.54, 1.807) is 22.9 Å². The van der Waals surface area contributed by atoms with Crippen molar-refractivity contribution in [2.75, 3.05) is 0 Å². The molecule has 1 aliphatic heterocycles. The van der Waals surface area contributed by atoms with E-state index in [-0.39, 0.29) is 23.3 Å². The van der Waals surface area contributed by atoms with E-state index in [0.29, 0.717) is 19.4 Å². The van der Waals surface area contributed by atoms with Gasteiger partial charge in [0, 0.05) is 18.7 Å². The average molecular weight is 372 g/mol. The standard InChI is InChI=1S/C23H20N2O3/c26-21-12-11-20(23(28)24-21)19-5-3-4-18(14-19)17-9-7-16(8-10-17)15-25-13-2-1-6-22(25)27/h1-10,13-14,20H,11-12,15H2,(H,24,26,28). The second-order valence-corrected chi connectivity index (χ2v) is 6.99. The number of aromatic nitrogens is 1. The van der Waals surface area contributed by atoms with Gasteiger partial charge < -0.3 is 4.57 Å². The van der Waals surface area contributed by atoms with Crippen LogP contribution in [0, 0.1) is 0 Å². The highest BCUT2D eigenvalue weighted by Crippen LogP contribution is 2.29. The Hall–Kier alpha value is -3.47. The van der Waals surface area contributed by atoms with Gasteiger partial charge in [-0.2, -0.15) is 0 Å². The van der Waals surface area contributed by atoms with Crippen LogP contribution >= 0.6 is 0 Å². The van der Waals surface area contributed by atoms with Gasteiger partial charge in [-0.25, -0.2) is 0 Å². The molecule has 1 fully saturated rings. The number of hydrogen-bond donors (Lipinski definition) is 1. The van der Waals surface area contributed by atoms with Crippen LogP contribution in [-0.4, -0.2) is 16.4 Å². The van der Waals surface area contributed by atoms with Crippen LogP contribution in [0.5, 0.6) is 0 Å². The van der Waals surface area contributed by atoms with Crippen molar-refractivity contribution in [2.45, 2.75) is 25.3 Å². The van der Waals surface area contributed by atoms with E-state index in [0.717, 1.165) is 22.3 Å². The van der Waals surface area contributed by atoms with E-state index >= 15 is 0 Å². The zero-order valence-electron chi connectivity index (χ0n) is 15.3. The topological polar surface area (TPSA) is 68.2 Å². The van der Waals surface area contributed by atoms with Crippen LogP contribution in [0.2, 0.25) is 0 Å². The molecule has 0 saturated carbocycles. The minimum atomic E-state index is -0.290. The SMILES string of the molecule is O=C1CCC(c2cccc(-c3ccc(Cn4ccccc4=O)cc3)c2)C(=O)N1. The second kappa shape index (κ2) is 7.64. The number of rotatable bonds is 4. The summed E-state index contributed by atoms with van der Waals surface area (Å²) in [5.74, 6) is -0.718. The molecule has 0 spiro atoms. The Morgan fingerprint density at radius 3 is 2.46 bits per heavy atom. The lowest BCUT2D eigenvalue weighted by atomic mass is 9.88. The summed E-state index contributed by atoms with van der Waals surface area (Å²) in [6.07, 6.45) is 2.69. The van der Waals surface area contributed by atoms with E-state index < -0.39 is 0 Å². The molecule has 5 nitrogen and oxygen atoms in total. The van der Waals surface area contributed by atoms with Crippen LogP contribution in [0.3, 0.4) is 0 Å². The van der Waals surface area contributed by atoms with Gasteiger partial charge in [-0.05, 0) is 34.7 Å².